The molecule has 0 amide bonds. The number of nitrogens with zero attached hydrogens (tertiary/aromatic N) is 3. The van der Waals surface area contributed by atoms with E-state index in [1.807, 2.05) is 0 Å². The summed E-state index contributed by atoms with van der Waals surface area (Å²) in [4.78, 5) is 2.67. The summed E-state index contributed by atoms with van der Waals surface area (Å²) in [6.07, 6.45) is 2.18. The van der Waals surface area contributed by atoms with Crippen LogP contribution in [0.15, 0.2) is 5.11 Å². The van der Waals surface area contributed by atoms with Crippen molar-refractivity contribution in [2.24, 2.45) is 11.0 Å². The summed E-state index contributed by atoms with van der Waals surface area (Å²) < 4.78 is 0. The highest BCUT2D eigenvalue weighted by atomic mass is 15.1. The van der Waals surface area contributed by atoms with E-state index < -0.39 is 0 Å². The van der Waals surface area contributed by atoms with Gasteiger partial charge in [0, 0.05) is 11.5 Å². The molecule has 52 valence electrons. The molecule has 0 radical (unpaired) electrons. The zero-order valence-electron chi connectivity index (χ0n) is 6.04. The molecule has 0 aromatic rings. The first-order valence-electron chi connectivity index (χ1n) is 3.32. The first kappa shape index (κ1) is 8.31. The Kier molecular flexibility index (Phi) is 5.03. The molecule has 3 nitrogen and oxygen atoms in total. The monoisotopic (exact) mass is 127 g/mol. The molecule has 0 spiro atoms. The summed E-state index contributed by atoms with van der Waals surface area (Å²) in [5, 5.41) is 3.44. The minimum absolute atomic E-state index is 0.644. The summed E-state index contributed by atoms with van der Waals surface area (Å²) in [6.45, 7) is 4.94. The smallest absolute Gasteiger partial charge is 0.0260 e. The normalized spacial score (nSPS) is 12.2. The van der Waals surface area contributed by atoms with Gasteiger partial charge in [0.1, 0.15) is 0 Å². The van der Waals surface area contributed by atoms with Crippen molar-refractivity contribution < 1.29 is 0 Å². The van der Waals surface area contributed by atoms with Gasteiger partial charge in [0.2, 0.25) is 0 Å². The van der Waals surface area contributed by atoms with Gasteiger partial charge in [0.25, 0.3) is 0 Å². The van der Waals surface area contributed by atoms with Crippen molar-refractivity contribution in [1.29, 1.82) is 0 Å². The second kappa shape index (κ2) is 5.45. The third-order valence-corrected chi connectivity index (χ3v) is 1.48. The maximum atomic E-state index is 7.91. The Morgan fingerprint density at radius 3 is 2.78 bits per heavy atom. The Labute approximate surface area is 55.7 Å². The lowest BCUT2D eigenvalue weighted by Crippen LogP contribution is -1.93. The van der Waals surface area contributed by atoms with E-state index in [2.05, 4.69) is 23.9 Å². The van der Waals surface area contributed by atoms with Gasteiger partial charge < -0.3 is 0 Å². The quantitative estimate of drug-likeness (QED) is 0.317. The molecule has 3 heteroatoms. The highest BCUT2D eigenvalue weighted by molar-refractivity contribution is 4.53. The number of azide groups is 1. The molecule has 1 atom stereocenters. The van der Waals surface area contributed by atoms with Crippen LogP contribution in [-0.4, -0.2) is 6.54 Å². The van der Waals surface area contributed by atoms with Crippen molar-refractivity contribution in [3.63, 3.8) is 0 Å². The average molecular weight is 127 g/mol. The summed E-state index contributed by atoms with van der Waals surface area (Å²) in [7, 11) is 0. The predicted molar refractivity (Wildman–Crippen MR) is 38.1 cm³/mol. The summed E-state index contributed by atoms with van der Waals surface area (Å²) in [5.41, 5.74) is 7.91. The highest BCUT2D eigenvalue weighted by Crippen LogP contribution is 2.05. The van der Waals surface area contributed by atoms with Crippen LogP contribution in [0.4, 0.5) is 0 Å². The molecule has 9 heavy (non-hydrogen) atoms. The zero-order valence-corrected chi connectivity index (χ0v) is 6.04. The molecule has 0 aliphatic heterocycles. The van der Waals surface area contributed by atoms with Gasteiger partial charge in [-0.1, -0.05) is 25.4 Å². The first-order chi connectivity index (χ1) is 4.31. The van der Waals surface area contributed by atoms with Gasteiger partial charge in [-0.2, -0.15) is 0 Å². The topological polar surface area (TPSA) is 48.8 Å². The van der Waals surface area contributed by atoms with E-state index in [1.54, 1.807) is 0 Å². The molecule has 0 heterocycles. The van der Waals surface area contributed by atoms with E-state index >= 15 is 0 Å². The second-order valence-electron chi connectivity index (χ2n) is 2.26. The van der Waals surface area contributed by atoms with Gasteiger partial charge in [-0.3, -0.25) is 0 Å². The van der Waals surface area contributed by atoms with Crippen molar-refractivity contribution in [1.82, 2.24) is 0 Å². The van der Waals surface area contributed by atoms with Gasteiger partial charge >= 0.3 is 0 Å². The van der Waals surface area contributed by atoms with E-state index in [0.29, 0.717) is 12.5 Å². The largest absolute Gasteiger partial charge is 0.0940 e. The van der Waals surface area contributed by atoms with E-state index in [1.165, 1.54) is 6.42 Å². The fourth-order valence-corrected chi connectivity index (χ4v) is 0.527. The maximum absolute atomic E-state index is 7.91. The van der Waals surface area contributed by atoms with Gasteiger partial charge in [-0.25, -0.2) is 0 Å². The van der Waals surface area contributed by atoms with E-state index in [-0.39, 0.29) is 0 Å². The fraction of sp³-hybridized carbons (Fsp3) is 1.00. The molecule has 0 rings (SSSR count). The van der Waals surface area contributed by atoms with Gasteiger partial charge in [0.15, 0.2) is 0 Å². The molecule has 0 aromatic carbocycles. The molecule has 0 N–H and O–H groups in total. The van der Waals surface area contributed by atoms with E-state index in [0.717, 1.165) is 6.42 Å². The molecule has 0 aromatic heterocycles. The van der Waals surface area contributed by atoms with Crippen molar-refractivity contribution in [3.05, 3.63) is 10.4 Å². The minimum atomic E-state index is 0.644. The maximum Gasteiger partial charge on any atom is 0.0260 e. The SMILES string of the molecule is CC[C@@H](C)CCN=[N+]=[N-]. The van der Waals surface area contributed by atoms with Gasteiger partial charge in [0.05, 0.1) is 0 Å². The first-order valence-corrected chi connectivity index (χ1v) is 3.32. The Morgan fingerprint density at radius 1 is 1.67 bits per heavy atom. The van der Waals surface area contributed by atoms with E-state index in [9.17, 15) is 0 Å². The lowest BCUT2D eigenvalue weighted by Gasteiger charge is -2.02. The summed E-state index contributed by atoms with van der Waals surface area (Å²) in [5.74, 6) is 0.690. The molecule has 0 aliphatic carbocycles. The van der Waals surface area contributed by atoms with Crippen LogP contribution in [0.3, 0.4) is 0 Å². The Morgan fingerprint density at radius 2 is 2.33 bits per heavy atom. The van der Waals surface area contributed by atoms with E-state index in [4.69, 9.17) is 5.53 Å². The number of hydrogen-bond acceptors (Lipinski definition) is 1. The van der Waals surface area contributed by atoms with Gasteiger partial charge in [-0.05, 0) is 17.9 Å². The van der Waals surface area contributed by atoms with Crippen molar-refractivity contribution in [3.8, 4) is 0 Å². The van der Waals surface area contributed by atoms with Crippen LogP contribution < -0.4 is 0 Å². The lowest BCUT2D eigenvalue weighted by atomic mass is 10.1. The zero-order chi connectivity index (χ0) is 7.11. The predicted octanol–water partition coefficient (Wildman–Crippen LogP) is 2.73. The van der Waals surface area contributed by atoms with Crippen LogP contribution >= 0.6 is 0 Å². The highest BCUT2D eigenvalue weighted by Gasteiger charge is 1.94. The molecule has 0 unspecified atom stereocenters. The molecule has 0 saturated heterocycles. The average Bonchev–Trinajstić information content (AvgIpc) is 1.89. The van der Waals surface area contributed by atoms with Crippen molar-refractivity contribution in [2.45, 2.75) is 26.7 Å². The second-order valence-corrected chi connectivity index (χ2v) is 2.26. The number of rotatable bonds is 4. The van der Waals surface area contributed by atoms with Crippen LogP contribution in [-0.2, 0) is 0 Å². The minimum Gasteiger partial charge on any atom is -0.0940 e. The molecular formula is C6H13N3. The van der Waals surface area contributed by atoms with Crippen LogP contribution in [0.2, 0.25) is 0 Å². The van der Waals surface area contributed by atoms with Crippen LogP contribution in [0.5, 0.6) is 0 Å². The summed E-state index contributed by atoms with van der Waals surface area (Å²) in [6, 6.07) is 0. The van der Waals surface area contributed by atoms with Crippen LogP contribution in [0, 0.1) is 5.92 Å². The van der Waals surface area contributed by atoms with Crippen LogP contribution in [0.1, 0.15) is 26.7 Å². The van der Waals surface area contributed by atoms with Crippen molar-refractivity contribution in [2.75, 3.05) is 6.54 Å². The standard InChI is InChI=1S/C6H13N3/c1-3-6(2)4-5-8-9-7/h6H,3-5H2,1-2H3/t6-/m1/s1. The van der Waals surface area contributed by atoms with Crippen LogP contribution in [0.25, 0.3) is 10.4 Å². The number of hydrogen-bond donors (Lipinski definition) is 0. The molecule has 0 saturated carbocycles. The molecular weight excluding hydrogens is 114 g/mol. The lowest BCUT2D eigenvalue weighted by molar-refractivity contribution is 0.524. The molecule has 0 aliphatic rings. The molecule has 0 fully saturated rings. The third kappa shape index (κ3) is 5.18. The fourth-order valence-electron chi connectivity index (χ4n) is 0.527. The van der Waals surface area contributed by atoms with Crippen molar-refractivity contribution >= 4 is 0 Å². The van der Waals surface area contributed by atoms with Gasteiger partial charge in [-0.15, -0.1) is 0 Å². The Hall–Kier alpha value is -0.690. The third-order valence-electron chi connectivity index (χ3n) is 1.48. The molecule has 0 bridgehead atoms. The Balaban J connectivity index is 3.16. The Bertz CT molecular complexity index is 105. The summed E-state index contributed by atoms with van der Waals surface area (Å²) >= 11 is 0.